The number of anilines is 1. The van der Waals surface area contributed by atoms with Crippen molar-refractivity contribution in [3.05, 3.63) is 70.8 Å². The maximum absolute atomic E-state index is 14.0. The van der Waals surface area contributed by atoms with Gasteiger partial charge >= 0.3 is 6.03 Å². The minimum atomic E-state index is -0.940. The van der Waals surface area contributed by atoms with Crippen LogP contribution in [-0.2, 0) is 4.74 Å². The summed E-state index contributed by atoms with van der Waals surface area (Å²) in [6, 6.07) is 11.9. The third-order valence-electron chi connectivity index (χ3n) is 6.19. The summed E-state index contributed by atoms with van der Waals surface area (Å²) in [5.41, 5.74) is 1.21. The van der Waals surface area contributed by atoms with Gasteiger partial charge in [0.25, 0.3) is 5.88 Å². The van der Waals surface area contributed by atoms with Crippen LogP contribution in [0.3, 0.4) is 0 Å². The van der Waals surface area contributed by atoms with Gasteiger partial charge in [-0.1, -0.05) is 35.9 Å². The summed E-state index contributed by atoms with van der Waals surface area (Å²) in [6.07, 6.45) is -0.746. The summed E-state index contributed by atoms with van der Waals surface area (Å²) >= 11 is 6.53. The Hall–Kier alpha value is -3.25. The lowest BCUT2D eigenvalue weighted by atomic mass is 9.94. The summed E-state index contributed by atoms with van der Waals surface area (Å²) < 4.78 is 39.7. The van der Waals surface area contributed by atoms with Crippen molar-refractivity contribution in [1.29, 1.82) is 0 Å². The van der Waals surface area contributed by atoms with Crippen molar-refractivity contribution < 1.29 is 28.2 Å². The van der Waals surface area contributed by atoms with Crippen LogP contribution in [0.4, 0.5) is 19.4 Å². The van der Waals surface area contributed by atoms with Crippen LogP contribution in [-0.4, -0.2) is 77.9 Å². The van der Waals surface area contributed by atoms with Gasteiger partial charge in [-0.25, -0.2) is 18.3 Å². The molecule has 0 spiro atoms. The Morgan fingerprint density at radius 3 is 2.66 bits per heavy atom. The van der Waals surface area contributed by atoms with Crippen LogP contribution in [0.15, 0.2) is 48.5 Å². The number of rotatable bonds is 10. The molecule has 204 valence electrons. The number of hydrogen-bond donors (Lipinski definition) is 3. The highest BCUT2D eigenvalue weighted by molar-refractivity contribution is 6.34. The first-order valence-electron chi connectivity index (χ1n) is 12.1. The second-order valence-corrected chi connectivity index (χ2v) is 9.49. The number of ether oxygens (including phenoxy) is 2. The van der Waals surface area contributed by atoms with Crippen LogP contribution < -0.4 is 15.4 Å². The third kappa shape index (κ3) is 6.60. The molecular formula is C26H30ClF2N5O4. The fraction of sp³-hybridized carbons (Fsp3) is 0.385. The fourth-order valence-corrected chi connectivity index (χ4v) is 4.58. The van der Waals surface area contributed by atoms with Gasteiger partial charge in [0.1, 0.15) is 11.6 Å². The van der Waals surface area contributed by atoms with Gasteiger partial charge in [0, 0.05) is 32.7 Å². The Kier molecular flexibility index (Phi) is 9.16. The van der Waals surface area contributed by atoms with Gasteiger partial charge in [-0.3, -0.25) is 10.2 Å². The van der Waals surface area contributed by atoms with E-state index in [1.165, 1.54) is 16.8 Å². The number of nitrogens with one attached hydrogen (secondary N) is 2. The Bertz CT molecular complexity index is 1240. The van der Waals surface area contributed by atoms with E-state index in [0.717, 1.165) is 6.07 Å². The molecule has 1 aliphatic heterocycles. The van der Waals surface area contributed by atoms with E-state index >= 15 is 0 Å². The summed E-state index contributed by atoms with van der Waals surface area (Å²) in [7, 11) is 1.60. The lowest BCUT2D eigenvalue weighted by molar-refractivity contribution is 0.119. The maximum Gasteiger partial charge on any atom is 0.320 e. The molecule has 4 rings (SSSR count). The van der Waals surface area contributed by atoms with Gasteiger partial charge in [-0.15, -0.1) is 5.10 Å². The largest absolute Gasteiger partial charge is 0.473 e. The van der Waals surface area contributed by atoms with Crippen molar-refractivity contribution >= 4 is 23.4 Å². The first kappa shape index (κ1) is 27.8. The third-order valence-corrected chi connectivity index (χ3v) is 6.53. The SMILES string of the molecule is COCCN1C[C@@H](NC(=O)Nc2c(Cl)c(OCC(C)O)nn2-c2ccccc2)[C@H](c2ccc(F)c(F)c2)C1. The number of amides is 2. The van der Waals surface area contributed by atoms with E-state index in [0.29, 0.717) is 37.5 Å². The number of halogens is 3. The lowest BCUT2D eigenvalue weighted by Gasteiger charge is -2.21. The number of hydrogen-bond acceptors (Lipinski definition) is 6. The average Bonchev–Trinajstić information content (AvgIpc) is 3.44. The smallest absolute Gasteiger partial charge is 0.320 e. The molecule has 0 bridgehead atoms. The Morgan fingerprint density at radius 2 is 1.97 bits per heavy atom. The number of carbonyl (C=O) groups is 1. The lowest BCUT2D eigenvalue weighted by Crippen LogP contribution is -2.42. The van der Waals surface area contributed by atoms with Crippen LogP contribution in [0.2, 0.25) is 5.02 Å². The topological polar surface area (TPSA) is 101 Å². The van der Waals surface area contributed by atoms with Crippen molar-refractivity contribution in [3.8, 4) is 11.6 Å². The van der Waals surface area contributed by atoms with Crippen molar-refractivity contribution in [2.75, 3.05) is 45.3 Å². The quantitative estimate of drug-likeness (QED) is 0.356. The van der Waals surface area contributed by atoms with E-state index < -0.39 is 29.8 Å². The minimum Gasteiger partial charge on any atom is -0.473 e. The predicted octanol–water partition coefficient (Wildman–Crippen LogP) is 3.80. The first-order chi connectivity index (χ1) is 18.3. The highest BCUT2D eigenvalue weighted by Gasteiger charge is 2.35. The standard InChI is InChI=1S/C26H30ClF2N5O4/c1-16(35)15-38-25-23(27)24(34(32-25)18-6-4-3-5-7-18)31-26(36)30-22-14-33(10-11-37-2)13-19(22)17-8-9-20(28)21(29)12-17/h3-9,12,16,19,22,35H,10-11,13-15H2,1-2H3,(H2,30,31,36)/t16?,19-,22+/m0/s1. The van der Waals surface area contributed by atoms with Gasteiger partial charge in [0.2, 0.25) is 0 Å². The second kappa shape index (κ2) is 12.5. The molecule has 9 nitrogen and oxygen atoms in total. The number of para-hydroxylation sites is 1. The maximum atomic E-state index is 14.0. The number of aliphatic hydroxyl groups is 1. The molecule has 0 radical (unpaired) electrons. The van der Waals surface area contributed by atoms with Crippen LogP contribution in [0, 0.1) is 11.6 Å². The number of nitrogens with zero attached hydrogens (tertiary/aromatic N) is 3. The number of aromatic nitrogens is 2. The van der Waals surface area contributed by atoms with Gasteiger partial charge in [-0.2, -0.15) is 0 Å². The summed E-state index contributed by atoms with van der Waals surface area (Å²) in [4.78, 5) is 15.3. The number of aliphatic hydroxyl groups excluding tert-OH is 1. The Labute approximate surface area is 224 Å². The van der Waals surface area contributed by atoms with Crippen LogP contribution in [0.5, 0.6) is 5.88 Å². The van der Waals surface area contributed by atoms with Gasteiger partial charge < -0.3 is 19.9 Å². The van der Waals surface area contributed by atoms with Gasteiger partial charge in [0.05, 0.1) is 24.4 Å². The highest BCUT2D eigenvalue weighted by Crippen LogP contribution is 2.34. The number of urea groups is 1. The van der Waals surface area contributed by atoms with E-state index in [2.05, 4.69) is 20.6 Å². The summed E-state index contributed by atoms with van der Waals surface area (Å²) in [5.74, 6) is -1.92. The van der Waals surface area contributed by atoms with Crippen molar-refractivity contribution in [1.82, 2.24) is 20.0 Å². The zero-order chi connectivity index (χ0) is 27.2. The van der Waals surface area contributed by atoms with Crippen LogP contribution in [0.25, 0.3) is 5.69 Å². The highest BCUT2D eigenvalue weighted by atomic mass is 35.5. The van der Waals surface area contributed by atoms with E-state index in [1.54, 1.807) is 26.2 Å². The molecule has 3 atom stereocenters. The molecule has 2 aromatic carbocycles. The normalized spacial score (nSPS) is 18.4. The van der Waals surface area contributed by atoms with Gasteiger partial charge in [-0.05, 0) is 36.8 Å². The van der Waals surface area contributed by atoms with Crippen molar-refractivity contribution in [2.45, 2.75) is 25.0 Å². The fourth-order valence-electron chi connectivity index (χ4n) is 4.36. The predicted molar refractivity (Wildman–Crippen MR) is 139 cm³/mol. The molecule has 1 saturated heterocycles. The van der Waals surface area contributed by atoms with Crippen LogP contribution in [0.1, 0.15) is 18.4 Å². The molecule has 1 aromatic heterocycles. The van der Waals surface area contributed by atoms with Crippen LogP contribution >= 0.6 is 11.6 Å². The molecule has 1 aliphatic rings. The molecule has 1 unspecified atom stereocenters. The minimum absolute atomic E-state index is 0.0353. The molecule has 3 aromatic rings. The molecule has 0 aliphatic carbocycles. The summed E-state index contributed by atoms with van der Waals surface area (Å²) in [6.45, 7) is 3.65. The molecule has 2 heterocycles. The molecule has 2 amide bonds. The zero-order valence-corrected chi connectivity index (χ0v) is 21.8. The number of benzene rings is 2. The number of likely N-dealkylation sites (tertiary alicyclic amines) is 1. The zero-order valence-electron chi connectivity index (χ0n) is 21.0. The summed E-state index contributed by atoms with van der Waals surface area (Å²) in [5, 5.41) is 19.7. The van der Waals surface area contributed by atoms with Gasteiger partial charge in [0.15, 0.2) is 17.5 Å². The number of carbonyl (C=O) groups excluding carboxylic acids is 1. The van der Waals surface area contributed by atoms with Crippen molar-refractivity contribution in [2.24, 2.45) is 0 Å². The molecule has 3 N–H and O–H groups in total. The van der Waals surface area contributed by atoms with E-state index in [4.69, 9.17) is 21.1 Å². The molecule has 12 heteroatoms. The van der Waals surface area contributed by atoms with E-state index in [1.807, 2.05) is 18.2 Å². The van der Waals surface area contributed by atoms with Crippen molar-refractivity contribution in [3.63, 3.8) is 0 Å². The first-order valence-corrected chi connectivity index (χ1v) is 12.5. The molecule has 38 heavy (non-hydrogen) atoms. The van der Waals surface area contributed by atoms with E-state index in [-0.39, 0.29) is 29.2 Å². The Morgan fingerprint density at radius 1 is 1.21 bits per heavy atom. The second-order valence-electron chi connectivity index (χ2n) is 9.11. The Balaban J connectivity index is 1.56. The molecule has 1 fully saturated rings. The number of methoxy groups -OCH3 is 1. The monoisotopic (exact) mass is 549 g/mol. The average molecular weight is 550 g/mol. The molecular weight excluding hydrogens is 520 g/mol. The van der Waals surface area contributed by atoms with E-state index in [9.17, 15) is 18.7 Å². The molecule has 0 saturated carbocycles.